The summed E-state index contributed by atoms with van der Waals surface area (Å²) >= 11 is 0. The Hall–Kier alpha value is -2.57. The van der Waals surface area contributed by atoms with Gasteiger partial charge < -0.3 is 20.3 Å². The lowest BCUT2D eigenvalue weighted by atomic mass is 9.86. The van der Waals surface area contributed by atoms with Gasteiger partial charge in [0.05, 0.1) is 13.0 Å². The van der Waals surface area contributed by atoms with E-state index in [4.69, 9.17) is 4.74 Å². The molecular weight excluding hydrogens is 322 g/mol. The molecule has 7 nitrogen and oxygen atoms in total. The van der Waals surface area contributed by atoms with Crippen LogP contribution in [0.4, 0.5) is 5.69 Å². The number of fused-ring (bicyclic) bond motifs is 1. The van der Waals surface area contributed by atoms with Crippen LogP contribution in [0.5, 0.6) is 5.75 Å². The minimum absolute atomic E-state index is 0.0277. The maximum Gasteiger partial charge on any atom is 0.232 e. The molecule has 3 amide bonds. The number of carbonyl (C=O) groups is 3. The number of amides is 3. The number of ether oxygens (including phenoxy) is 1. The van der Waals surface area contributed by atoms with Crippen LogP contribution in [0.25, 0.3) is 0 Å². The van der Waals surface area contributed by atoms with Gasteiger partial charge in [-0.15, -0.1) is 0 Å². The second-order valence-electron chi connectivity index (χ2n) is 7.22. The van der Waals surface area contributed by atoms with E-state index in [1.54, 1.807) is 24.1 Å². The highest BCUT2D eigenvalue weighted by atomic mass is 16.5. The second kappa shape index (κ2) is 5.75. The molecule has 2 fully saturated rings. The molecule has 1 spiro atoms. The first-order chi connectivity index (χ1) is 12.0. The van der Waals surface area contributed by atoms with Crippen molar-refractivity contribution in [2.45, 2.75) is 25.2 Å². The van der Waals surface area contributed by atoms with Gasteiger partial charge in [-0.2, -0.15) is 0 Å². The third-order valence-electron chi connectivity index (χ3n) is 5.58. The highest BCUT2D eigenvalue weighted by molar-refractivity contribution is 6.05. The molecule has 1 aromatic carbocycles. The fourth-order valence-corrected chi connectivity index (χ4v) is 4.13. The van der Waals surface area contributed by atoms with Crippen LogP contribution in [0.2, 0.25) is 0 Å². The zero-order chi connectivity index (χ0) is 17.6. The number of likely N-dealkylation sites (tertiary alicyclic amines) is 1. The van der Waals surface area contributed by atoms with E-state index in [1.165, 1.54) is 0 Å². The van der Waals surface area contributed by atoms with E-state index in [0.717, 1.165) is 12.0 Å². The first kappa shape index (κ1) is 15.9. The smallest absolute Gasteiger partial charge is 0.232 e. The number of carbonyl (C=O) groups excluding carboxylic acids is 3. The van der Waals surface area contributed by atoms with E-state index >= 15 is 0 Å². The second-order valence-corrected chi connectivity index (χ2v) is 7.22. The molecule has 3 aliphatic rings. The van der Waals surface area contributed by atoms with Gasteiger partial charge in [0, 0.05) is 49.6 Å². The molecule has 25 heavy (non-hydrogen) atoms. The van der Waals surface area contributed by atoms with Gasteiger partial charge in [0.1, 0.15) is 5.75 Å². The Kier molecular flexibility index (Phi) is 3.67. The number of nitrogens with zero attached hydrogens (tertiary/aromatic N) is 1. The number of hydrogen-bond acceptors (Lipinski definition) is 4. The molecule has 3 heterocycles. The summed E-state index contributed by atoms with van der Waals surface area (Å²) in [6, 6.07) is 5.42. The summed E-state index contributed by atoms with van der Waals surface area (Å²) in [6.07, 6.45) is 1.48. The van der Waals surface area contributed by atoms with Gasteiger partial charge in [-0.3, -0.25) is 14.4 Å². The van der Waals surface area contributed by atoms with E-state index < -0.39 is 5.92 Å². The average molecular weight is 343 g/mol. The van der Waals surface area contributed by atoms with Gasteiger partial charge >= 0.3 is 0 Å². The van der Waals surface area contributed by atoms with Crippen LogP contribution in [0.1, 0.15) is 30.7 Å². The van der Waals surface area contributed by atoms with Crippen molar-refractivity contribution in [3.8, 4) is 5.75 Å². The molecule has 2 saturated heterocycles. The largest absolute Gasteiger partial charge is 0.497 e. The summed E-state index contributed by atoms with van der Waals surface area (Å²) in [4.78, 5) is 38.3. The Labute approximate surface area is 145 Å². The van der Waals surface area contributed by atoms with Gasteiger partial charge in [0.25, 0.3) is 0 Å². The van der Waals surface area contributed by atoms with Crippen molar-refractivity contribution in [1.29, 1.82) is 0 Å². The highest BCUT2D eigenvalue weighted by Crippen LogP contribution is 2.40. The Balaban J connectivity index is 1.45. The first-order valence-electron chi connectivity index (χ1n) is 8.53. The van der Waals surface area contributed by atoms with Crippen molar-refractivity contribution in [1.82, 2.24) is 10.2 Å². The summed E-state index contributed by atoms with van der Waals surface area (Å²) in [7, 11) is 1.57. The zero-order valence-corrected chi connectivity index (χ0v) is 14.1. The molecule has 0 bridgehead atoms. The van der Waals surface area contributed by atoms with Crippen LogP contribution in [-0.4, -0.2) is 49.4 Å². The van der Waals surface area contributed by atoms with Crippen molar-refractivity contribution < 1.29 is 19.1 Å². The van der Waals surface area contributed by atoms with Crippen molar-refractivity contribution in [2.75, 3.05) is 32.1 Å². The number of benzene rings is 1. The van der Waals surface area contributed by atoms with Crippen LogP contribution >= 0.6 is 0 Å². The SMILES string of the molecule is COc1ccc2c(c1)NC(=O)C2CC(=O)N1CCC2(CNC(=O)C2)C1. The van der Waals surface area contributed by atoms with Crippen molar-refractivity contribution in [3.05, 3.63) is 23.8 Å². The third-order valence-corrected chi connectivity index (χ3v) is 5.58. The maximum atomic E-state index is 12.7. The Morgan fingerprint density at radius 3 is 2.96 bits per heavy atom. The molecule has 2 unspecified atom stereocenters. The molecule has 3 aliphatic heterocycles. The predicted octanol–water partition coefficient (Wildman–Crippen LogP) is 0.860. The maximum absolute atomic E-state index is 12.7. The van der Waals surface area contributed by atoms with Gasteiger partial charge in [-0.1, -0.05) is 6.07 Å². The lowest BCUT2D eigenvalue weighted by Crippen LogP contribution is -2.34. The van der Waals surface area contributed by atoms with Crippen LogP contribution in [-0.2, 0) is 14.4 Å². The quantitative estimate of drug-likeness (QED) is 0.852. The third kappa shape index (κ3) is 2.73. The van der Waals surface area contributed by atoms with Gasteiger partial charge in [0.15, 0.2) is 0 Å². The van der Waals surface area contributed by atoms with Crippen LogP contribution in [0.15, 0.2) is 18.2 Å². The fraction of sp³-hybridized carbons (Fsp3) is 0.500. The zero-order valence-electron chi connectivity index (χ0n) is 14.1. The van der Waals surface area contributed by atoms with Gasteiger partial charge in [0.2, 0.25) is 17.7 Å². The van der Waals surface area contributed by atoms with Crippen molar-refractivity contribution >= 4 is 23.4 Å². The molecule has 7 heteroatoms. The van der Waals surface area contributed by atoms with E-state index in [1.807, 2.05) is 6.07 Å². The first-order valence-corrected chi connectivity index (χ1v) is 8.53. The van der Waals surface area contributed by atoms with Crippen LogP contribution in [0, 0.1) is 5.41 Å². The number of anilines is 1. The van der Waals surface area contributed by atoms with E-state index in [2.05, 4.69) is 10.6 Å². The Morgan fingerprint density at radius 1 is 1.40 bits per heavy atom. The number of rotatable bonds is 3. The Bertz CT molecular complexity index is 763. The lowest BCUT2D eigenvalue weighted by Gasteiger charge is -2.22. The number of hydrogen-bond donors (Lipinski definition) is 2. The normalized spacial score (nSPS) is 27.4. The van der Waals surface area contributed by atoms with Crippen molar-refractivity contribution in [3.63, 3.8) is 0 Å². The monoisotopic (exact) mass is 343 g/mol. The number of nitrogens with one attached hydrogen (secondary N) is 2. The van der Waals surface area contributed by atoms with E-state index in [9.17, 15) is 14.4 Å². The highest BCUT2D eigenvalue weighted by Gasteiger charge is 2.45. The van der Waals surface area contributed by atoms with Crippen LogP contribution < -0.4 is 15.4 Å². The minimum atomic E-state index is -0.465. The molecule has 0 radical (unpaired) electrons. The minimum Gasteiger partial charge on any atom is -0.497 e. The molecular formula is C18H21N3O4. The fourth-order valence-electron chi connectivity index (χ4n) is 4.13. The summed E-state index contributed by atoms with van der Waals surface area (Å²) in [5.41, 5.74) is 1.44. The van der Waals surface area contributed by atoms with Gasteiger partial charge in [-0.05, 0) is 18.1 Å². The molecule has 132 valence electrons. The molecule has 2 atom stereocenters. The van der Waals surface area contributed by atoms with Crippen molar-refractivity contribution in [2.24, 2.45) is 5.41 Å². The summed E-state index contributed by atoms with van der Waals surface area (Å²) in [6.45, 7) is 1.88. The molecule has 0 saturated carbocycles. The Morgan fingerprint density at radius 2 is 2.24 bits per heavy atom. The summed E-state index contributed by atoms with van der Waals surface area (Å²) in [5, 5.41) is 5.69. The van der Waals surface area contributed by atoms with E-state index in [0.29, 0.717) is 37.5 Å². The predicted molar refractivity (Wildman–Crippen MR) is 90.2 cm³/mol. The van der Waals surface area contributed by atoms with E-state index in [-0.39, 0.29) is 29.6 Å². The number of methoxy groups -OCH3 is 1. The topological polar surface area (TPSA) is 87.7 Å². The lowest BCUT2D eigenvalue weighted by molar-refractivity contribution is -0.133. The standard InChI is InChI=1S/C18H21N3O4/c1-25-11-2-3-12-13(17(24)20-14(12)6-11)7-16(23)21-5-4-18(10-21)8-15(22)19-9-18/h2-3,6,13H,4-5,7-10H2,1H3,(H,19,22)(H,20,24). The molecule has 0 aromatic heterocycles. The molecule has 4 rings (SSSR count). The van der Waals surface area contributed by atoms with Gasteiger partial charge in [-0.25, -0.2) is 0 Å². The summed E-state index contributed by atoms with van der Waals surface area (Å²) in [5.74, 6) is 0.0924. The van der Waals surface area contributed by atoms with Crippen LogP contribution in [0.3, 0.4) is 0 Å². The molecule has 0 aliphatic carbocycles. The summed E-state index contributed by atoms with van der Waals surface area (Å²) < 4.78 is 5.17. The average Bonchev–Trinajstić information content (AvgIpc) is 3.26. The molecule has 1 aromatic rings. The molecule has 2 N–H and O–H groups in total.